The molecule has 0 amide bonds. The molecule has 1 unspecified atom stereocenters. The van der Waals surface area contributed by atoms with Crippen LogP contribution >= 0.6 is 0 Å². The second kappa shape index (κ2) is 7.54. The Labute approximate surface area is 130 Å². The first-order valence-electron chi connectivity index (χ1n) is 7.70. The standard InChI is InChI=1S/C17H22N2O3/c1-19(8-7-15-13-20-9-10-21-15)12-16-11-17(18-22-16)14-5-3-2-4-6-14/h2-6,11,15H,7-10,12-13H2,1H3. The van der Waals surface area contributed by atoms with Gasteiger partial charge < -0.3 is 14.0 Å². The Morgan fingerprint density at radius 2 is 2.09 bits per heavy atom. The number of hydrogen-bond acceptors (Lipinski definition) is 5. The Hall–Kier alpha value is -1.69. The molecule has 22 heavy (non-hydrogen) atoms. The van der Waals surface area contributed by atoms with E-state index in [-0.39, 0.29) is 6.10 Å². The zero-order valence-electron chi connectivity index (χ0n) is 12.9. The third kappa shape index (κ3) is 4.16. The van der Waals surface area contributed by atoms with E-state index < -0.39 is 0 Å². The summed E-state index contributed by atoms with van der Waals surface area (Å²) in [5, 5.41) is 4.14. The van der Waals surface area contributed by atoms with Crippen LogP contribution in [0.5, 0.6) is 0 Å². The highest BCUT2D eigenvalue weighted by molar-refractivity contribution is 5.58. The normalized spacial score (nSPS) is 18.7. The minimum Gasteiger partial charge on any atom is -0.376 e. The van der Waals surface area contributed by atoms with Gasteiger partial charge in [-0.25, -0.2) is 0 Å². The van der Waals surface area contributed by atoms with Gasteiger partial charge in [-0.05, 0) is 13.5 Å². The molecule has 3 rings (SSSR count). The van der Waals surface area contributed by atoms with Crippen LogP contribution in [0.15, 0.2) is 40.9 Å². The summed E-state index contributed by atoms with van der Waals surface area (Å²) < 4.78 is 16.5. The van der Waals surface area contributed by atoms with Crippen molar-refractivity contribution in [3.8, 4) is 11.3 Å². The van der Waals surface area contributed by atoms with Crippen LogP contribution in [0.3, 0.4) is 0 Å². The van der Waals surface area contributed by atoms with Gasteiger partial charge >= 0.3 is 0 Å². The van der Waals surface area contributed by atoms with Gasteiger partial charge in [0.15, 0.2) is 5.76 Å². The Balaban J connectivity index is 1.49. The Kier molecular flexibility index (Phi) is 5.21. The summed E-state index contributed by atoms with van der Waals surface area (Å²) in [6.07, 6.45) is 1.18. The summed E-state index contributed by atoms with van der Waals surface area (Å²) in [4.78, 5) is 2.22. The number of hydrogen-bond donors (Lipinski definition) is 0. The monoisotopic (exact) mass is 302 g/mol. The fraction of sp³-hybridized carbons (Fsp3) is 0.471. The first kappa shape index (κ1) is 15.2. The smallest absolute Gasteiger partial charge is 0.151 e. The van der Waals surface area contributed by atoms with E-state index in [1.807, 2.05) is 36.4 Å². The molecule has 1 aliphatic heterocycles. The maximum absolute atomic E-state index is 5.65. The highest BCUT2D eigenvalue weighted by atomic mass is 16.6. The first-order valence-corrected chi connectivity index (χ1v) is 7.70. The average molecular weight is 302 g/mol. The molecule has 0 saturated carbocycles. The molecule has 5 heteroatoms. The summed E-state index contributed by atoms with van der Waals surface area (Å²) >= 11 is 0. The van der Waals surface area contributed by atoms with Gasteiger partial charge in [0.2, 0.25) is 0 Å². The summed E-state index contributed by atoms with van der Waals surface area (Å²) in [7, 11) is 2.08. The summed E-state index contributed by atoms with van der Waals surface area (Å²) in [5.41, 5.74) is 1.96. The number of ether oxygens (including phenoxy) is 2. The zero-order chi connectivity index (χ0) is 15.2. The Morgan fingerprint density at radius 3 is 2.86 bits per heavy atom. The molecular weight excluding hydrogens is 280 g/mol. The number of nitrogens with zero attached hydrogens (tertiary/aromatic N) is 2. The van der Waals surface area contributed by atoms with Gasteiger partial charge in [0.05, 0.1) is 32.5 Å². The van der Waals surface area contributed by atoms with Crippen molar-refractivity contribution >= 4 is 0 Å². The first-order chi connectivity index (χ1) is 10.8. The molecule has 118 valence electrons. The molecule has 1 saturated heterocycles. The van der Waals surface area contributed by atoms with Crippen LogP contribution in [0, 0.1) is 0 Å². The van der Waals surface area contributed by atoms with Gasteiger partial charge in [-0.15, -0.1) is 0 Å². The van der Waals surface area contributed by atoms with Crippen molar-refractivity contribution in [1.29, 1.82) is 0 Å². The highest BCUT2D eigenvalue weighted by Crippen LogP contribution is 2.19. The minimum absolute atomic E-state index is 0.214. The van der Waals surface area contributed by atoms with Crippen LogP contribution in [0.4, 0.5) is 0 Å². The molecule has 5 nitrogen and oxygen atoms in total. The van der Waals surface area contributed by atoms with Crippen molar-refractivity contribution in [3.63, 3.8) is 0 Å². The maximum Gasteiger partial charge on any atom is 0.151 e. The third-order valence-electron chi connectivity index (χ3n) is 3.77. The van der Waals surface area contributed by atoms with Crippen molar-refractivity contribution in [3.05, 3.63) is 42.2 Å². The van der Waals surface area contributed by atoms with Crippen LogP contribution < -0.4 is 0 Å². The fourth-order valence-corrected chi connectivity index (χ4v) is 2.55. The second-order valence-corrected chi connectivity index (χ2v) is 5.64. The molecule has 0 N–H and O–H groups in total. The third-order valence-corrected chi connectivity index (χ3v) is 3.77. The SMILES string of the molecule is CN(CCC1COCCO1)Cc1cc(-c2ccccc2)no1. The minimum atomic E-state index is 0.214. The van der Waals surface area contributed by atoms with Gasteiger partial charge in [-0.3, -0.25) is 4.90 Å². The van der Waals surface area contributed by atoms with Crippen molar-refractivity contribution in [2.75, 3.05) is 33.4 Å². The fourth-order valence-electron chi connectivity index (χ4n) is 2.55. The number of benzene rings is 1. The van der Waals surface area contributed by atoms with Gasteiger partial charge in [-0.1, -0.05) is 35.5 Å². The van der Waals surface area contributed by atoms with Crippen molar-refractivity contribution in [2.45, 2.75) is 19.1 Å². The molecule has 1 atom stereocenters. The second-order valence-electron chi connectivity index (χ2n) is 5.64. The van der Waals surface area contributed by atoms with E-state index in [1.165, 1.54) is 0 Å². The van der Waals surface area contributed by atoms with E-state index in [4.69, 9.17) is 14.0 Å². The summed E-state index contributed by atoms with van der Waals surface area (Å²) in [6, 6.07) is 12.1. The number of aromatic nitrogens is 1. The molecule has 0 aliphatic carbocycles. The lowest BCUT2D eigenvalue weighted by molar-refractivity contribution is -0.0924. The van der Waals surface area contributed by atoms with Crippen LogP contribution in [-0.4, -0.2) is 49.6 Å². The molecular formula is C17H22N2O3. The summed E-state index contributed by atoms with van der Waals surface area (Å²) in [5.74, 6) is 0.877. The quantitative estimate of drug-likeness (QED) is 0.821. The zero-order valence-corrected chi connectivity index (χ0v) is 12.9. The summed E-state index contributed by atoms with van der Waals surface area (Å²) in [6.45, 7) is 3.81. The maximum atomic E-state index is 5.65. The molecule has 2 heterocycles. The largest absolute Gasteiger partial charge is 0.376 e. The van der Waals surface area contributed by atoms with E-state index >= 15 is 0 Å². The van der Waals surface area contributed by atoms with Crippen molar-refractivity contribution in [2.24, 2.45) is 0 Å². The van der Waals surface area contributed by atoms with Crippen LogP contribution in [0.2, 0.25) is 0 Å². The number of rotatable bonds is 6. The lowest BCUT2D eigenvalue weighted by Crippen LogP contribution is -2.32. The van der Waals surface area contributed by atoms with Crippen molar-refractivity contribution < 1.29 is 14.0 Å². The Bertz CT molecular complexity index is 564. The molecule has 0 radical (unpaired) electrons. The van der Waals surface area contributed by atoms with Crippen LogP contribution in [-0.2, 0) is 16.0 Å². The van der Waals surface area contributed by atoms with Gasteiger partial charge in [0.1, 0.15) is 5.69 Å². The average Bonchev–Trinajstić information content (AvgIpc) is 3.03. The van der Waals surface area contributed by atoms with E-state index in [0.717, 1.165) is 36.5 Å². The predicted octanol–water partition coefficient (Wildman–Crippen LogP) is 2.58. The predicted molar refractivity (Wildman–Crippen MR) is 83.4 cm³/mol. The topological polar surface area (TPSA) is 47.7 Å². The van der Waals surface area contributed by atoms with E-state index in [0.29, 0.717) is 19.8 Å². The van der Waals surface area contributed by atoms with Gasteiger partial charge in [0, 0.05) is 18.2 Å². The molecule has 0 spiro atoms. The lowest BCUT2D eigenvalue weighted by atomic mass is 10.1. The molecule has 1 aliphatic rings. The molecule has 1 aromatic carbocycles. The molecule has 1 aromatic heterocycles. The van der Waals surface area contributed by atoms with Gasteiger partial charge in [-0.2, -0.15) is 0 Å². The van der Waals surface area contributed by atoms with E-state index in [2.05, 4.69) is 17.1 Å². The van der Waals surface area contributed by atoms with E-state index in [9.17, 15) is 0 Å². The van der Waals surface area contributed by atoms with Crippen LogP contribution in [0.25, 0.3) is 11.3 Å². The molecule has 2 aromatic rings. The highest BCUT2D eigenvalue weighted by Gasteiger charge is 2.15. The molecule has 0 bridgehead atoms. The van der Waals surface area contributed by atoms with E-state index in [1.54, 1.807) is 0 Å². The lowest BCUT2D eigenvalue weighted by Gasteiger charge is -2.24. The van der Waals surface area contributed by atoms with Gasteiger partial charge in [0.25, 0.3) is 0 Å². The Morgan fingerprint density at radius 1 is 1.23 bits per heavy atom. The molecule has 1 fully saturated rings. The van der Waals surface area contributed by atoms with Crippen LogP contribution in [0.1, 0.15) is 12.2 Å². The van der Waals surface area contributed by atoms with Crippen molar-refractivity contribution in [1.82, 2.24) is 10.1 Å².